The van der Waals surface area contributed by atoms with Crippen LogP contribution in [0.5, 0.6) is 0 Å². The van der Waals surface area contributed by atoms with Gasteiger partial charge in [0.05, 0.1) is 68.4 Å². The van der Waals surface area contributed by atoms with Gasteiger partial charge in [-0.15, -0.1) is 0 Å². The summed E-state index contributed by atoms with van der Waals surface area (Å²) in [6.07, 6.45) is 18.4. The van der Waals surface area contributed by atoms with Gasteiger partial charge in [0.15, 0.2) is 0 Å². The van der Waals surface area contributed by atoms with Gasteiger partial charge in [-0.1, -0.05) is 89.4 Å². The number of fused-ring (bicyclic) bond motifs is 1. The molecule has 2 aliphatic heterocycles. The Morgan fingerprint density at radius 2 is 1.43 bits per heavy atom. The number of unbranched alkanes of at least 4 members (excludes halogenated alkanes) is 11. The molecule has 5 amide bonds. The molecule has 0 aromatic heterocycles. The first kappa shape index (κ1) is 50.7. The minimum Gasteiger partial charge on any atom is -0.380 e. The van der Waals surface area contributed by atoms with E-state index in [1.165, 1.54) is 69.1 Å². The number of rotatable bonds is 35. The highest BCUT2D eigenvalue weighted by Gasteiger charge is 2.42. The van der Waals surface area contributed by atoms with E-state index < -0.39 is 6.04 Å². The molecule has 5 N–H and O–H groups in total. The molecule has 0 saturated carbocycles. The number of nitrogens with one attached hydrogen (secondary N) is 5. The van der Waals surface area contributed by atoms with Gasteiger partial charge in [-0.25, -0.2) is 0 Å². The summed E-state index contributed by atoms with van der Waals surface area (Å²) in [7, 11) is 1.57. The van der Waals surface area contributed by atoms with Crippen LogP contribution in [0.2, 0.25) is 0 Å². The lowest BCUT2D eigenvalue weighted by molar-refractivity contribution is -0.129. The summed E-state index contributed by atoms with van der Waals surface area (Å²) >= 11 is 5.51. The molecule has 2 aliphatic rings. The standard InChI is InChI=1S/C44H72N6O9S/c1-3-4-5-6-7-8-9-10-11-12-13-20-40(60)46-24-15-14-18-37(42(53)45-2)49-39(52)23-25-56-26-27-57-28-29-58-30-31-59-33-48-36-19-16-17-35-41(36)44(55)50(43(35)54)34-21-22-38(51)47-32-34/h16-17,19,34,37,48H,3-15,18,20-33H2,1-2H3,(H,45,53)(H,46,60)(H,47,51)(H,49,52)/t34?,37-/m0/s1. The van der Waals surface area contributed by atoms with E-state index in [4.69, 9.17) is 31.2 Å². The normalized spacial score (nSPS) is 15.4. The maximum absolute atomic E-state index is 13.2. The molecule has 2 heterocycles. The minimum atomic E-state index is -0.594. The number of hydrogen-bond donors (Lipinski definition) is 5. The molecule has 1 aromatic carbocycles. The second-order valence-corrected chi connectivity index (χ2v) is 15.9. The van der Waals surface area contributed by atoms with Gasteiger partial charge in [0.1, 0.15) is 12.8 Å². The Morgan fingerprint density at radius 1 is 0.800 bits per heavy atom. The van der Waals surface area contributed by atoms with E-state index in [1.807, 2.05) is 0 Å². The summed E-state index contributed by atoms with van der Waals surface area (Å²) in [5.74, 6) is -1.26. The average molecular weight is 861 g/mol. The van der Waals surface area contributed by atoms with Crippen molar-refractivity contribution in [1.29, 1.82) is 0 Å². The molecule has 1 fully saturated rings. The maximum atomic E-state index is 13.2. The predicted octanol–water partition coefficient (Wildman–Crippen LogP) is 5.41. The zero-order chi connectivity index (χ0) is 43.2. The molecule has 2 atom stereocenters. The number of piperidine rings is 1. The SMILES string of the molecule is CCCCCCCCCCCCCC(=S)NCCCC[C@H](NC(=O)CCOCCOCCOCCOCNc1cccc2c1C(=O)N(C1CCC(=O)NC1)C2=O)C(=O)NC. The van der Waals surface area contributed by atoms with Crippen LogP contribution >= 0.6 is 12.2 Å². The van der Waals surface area contributed by atoms with Crippen molar-refractivity contribution in [3.8, 4) is 0 Å². The van der Waals surface area contributed by atoms with Crippen molar-refractivity contribution in [2.75, 3.05) is 78.4 Å². The lowest BCUT2D eigenvalue weighted by Gasteiger charge is -2.29. The number of likely N-dealkylation sites (N-methyl/N-ethyl adjacent to an activating group) is 1. The number of thiocarbonyl (C=S) groups is 1. The summed E-state index contributed by atoms with van der Waals surface area (Å²) in [6, 6.07) is 4.12. The van der Waals surface area contributed by atoms with E-state index in [-0.39, 0.29) is 68.3 Å². The Morgan fingerprint density at radius 3 is 2.07 bits per heavy atom. The average Bonchev–Trinajstić information content (AvgIpc) is 3.51. The van der Waals surface area contributed by atoms with Gasteiger partial charge in [0.25, 0.3) is 11.8 Å². The molecular formula is C44H72N6O9S. The largest absolute Gasteiger partial charge is 0.380 e. The quantitative estimate of drug-likeness (QED) is 0.0254. The van der Waals surface area contributed by atoms with Crippen LogP contribution in [0, 0.1) is 0 Å². The molecule has 16 heteroatoms. The van der Waals surface area contributed by atoms with Gasteiger partial charge < -0.3 is 45.5 Å². The third-order valence-electron chi connectivity index (χ3n) is 10.7. The fourth-order valence-electron chi connectivity index (χ4n) is 7.20. The van der Waals surface area contributed by atoms with Crippen LogP contribution in [0.25, 0.3) is 0 Å². The molecule has 0 aliphatic carbocycles. The van der Waals surface area contributed by atoms with Crippen LogP contribution in [-0.2, 0) is 33.3 Å². The summed E-state index contributed by atoms with van der Waals surface area (Å²) in [4.78, 5) is 64.8. The van der Waals surface area contributed by atoms with Gasteiger partial charge in [0.2, 0.25) is 17.7 Å². The van der Waals surface area contributed by atoms with E-state index in [1.54, 1.807) is 25.2 Å². The molecule has 15 nitrogen and oxygen atoms in total. The maximum Gasteiger partial charge on any atom is 0.263 e. The number of hydrogen-bond acceptors (Lipinski definition) is 11. The van der Waals surface area contributed by atoms with Gasteiger partial charge in [-0.05, 0) is 50.7 Å². The van der Waals surface area contributed by atoms with E-state index in [0.717, 1.165) is 37.2 Å². The molecule has 60 heavy (non-hydrogen) atoms. The summed E-state index contributed by atoms with van der Waals surface area (Å²) in [6.45, 7) is 5.65. The molecule has 1 unspecified atom stereocenters. The highest BCUT2D eigenvalue weighted by molar-refractivity contribution is 7.80. The number of imide groups is 1. The van der Waals surface area contributed by atoms with Crippen molar-refractivity contribution in [1.82, 2.24) is 26.2 Å². The lowest BCUT2D eigenvalue weighted by Crippen LogP contribution is -2.50. The molecule has 0 bridgehead atoms. The number of amides is 5. The number of anilines is 1. The van der Waals surface area contributed by atoms with Crippen molar-refractivity contribution in [2.45, 2.75) is 135 Å². The van der Waals surface area contributed by atoms with Gasteiger partial charge in [-0.2, -0.15) is 0 Å². The molecule has 338 valence electrons. The first-order chi connectivity index (χ1) is 29.3. The van der Waals surface area contributed by atoms with Gasteiger partial charge in [-0.3, -0.25) is 28.9 Å². The zero-order valence-corrected chi connectivity index (χ0v) is 37.0. The second kappa shape index (κ2) is 31.2. The van der Waals surface area contributed by atoms with Crippen molar-refractivity contribution in [3.63, 3.8) is 0 Å². The van der Waals surface area contributed by atoms with Crippen molar-refractivity contribution < 1.29 is 42.9 Å². The Kier molecular flexibility index (Phi) is 26.3. The van der Waals surface area contributed by atoms with Crippen LogP contribution in [-0.4, -0.2) is 125 Å². The van der Waals surface area contributed by atoms with Gasteiger partial charge in [0, 0.05) is 38.7 Å². The Labute approximate surface area is 362 Å². The number of benzene rings is 1. The van der Waals surface area contributed by atoms with Crippen molar-refractivity contribution in [3.05, 3.63) is 29.3 Å². The summed E-state index contributed by atoms with van der Waals surface area (Å²) < 4.78 is 22.2. The monoisotopic (exact) mass is 861 g/mol. The third kappa shape index (κ3) is 19.8. The highest BCUT2D eigenvalue weighted by Crippen LogP contribution is 2.32. The first-order valence-electron chi connectivity index (χ1n) is 22.4. The molecule has 3 rings (SSSR count). The highest BCUT2D eigenvalue weighted by atomic mass is 32.1. The summed E-state index contributed by atoms with van der Waals surface area (Å²) in [5, 5.41) is 14.6. The predicted molar refractivity (Wildman–Crippen MR) is 236 cm³/mol. The Balaban J connectivity index is 1.12. The molecular weight excluding hydrogens is 789 g/mol. The molecule has 0 radical (unpaired) electrons. The smallest absolute Gasteiger partial charge is 0.263 e. The molecule has 0 spiro atoms. The topological polar surface area (TPSA) is 186 Å². The van der Waals surface area contributed by atoms with E-state index in [9.17, 15) is 24.0 Å². The van der Waals surface area contributed by atoms with Crippen molar-refractivity contribution in [2.24, 2.45) is 0 Å². The Bertz CT molecular complexity index is 1460. The number of ether oxygens (including phenoxy) is 4. The second-order valence-electron chi connectivity index (χ2n) is 15.4. The van der Waals surface area contributed by atoms with E-state index in [0.29, 0.717) is 69.3 Å². The zero-order valence-electron chi connectivity index (χ0n) is 36.2. The van der Waals surface area contributed by atoms with Crippen molar-refractivity contribution >= 4 is 52.4 Å². The summed E-state index contributed by atoms with van der Waals surface area (Å²) in [5.41, 5.74) is 1.16. The van der Waals surface area contributed by atoms with Crippen LogP contribution in [0.4, 0.5) is 5.69 Å². The molecule has 1 saturated heterocycles. The molecule has 1 aromatic rings. The third-order valence-corrected chi connectivity index (χ3v) is 11.0. The van der Waals surface area contributed by atoms with Crippen LogP contribution in [0.15, 0.2) is 18.2 Å². The van der Waals surface area contributed by atoms with E-state index in [2.05, 4.69) is 33.5 Å². The number of carbonyl (C=O) groups is 5. The fraction of sp³-hybridized carbons (Fsp3) is 0.727. The van der Waals surface area contributed by atoms with E-state index >= 15 is 0 Å². The first-order valence-corrected chi connectivity index (χ1v) is 22.8. The minimum absolute atomic E-state index is 0.0785. The number of nitrogens with zero attached hydrogens (tertiary/aromatic N) is 1. The fourth-order valence-corrected chi connectivity index (χ4v) is 7.44. The Hall–Kier alpha value is -3.70. The van der Waals surface area contributed by atoms with Crippen LogP contribution in [0.1, 0.15) is 143 Å². The van der Waals surface area contributed by atoms with Gasteiger partial charge >= 0.3 is 0 Å². The lowest BCUT2D eigenvalue weighted by atomic mass is 10.1. The van der Waals surface area contributed by atoms with Crippen LogP contribution in [0.3, 0.4) is 0 Å². The van der Waals surface area contributed by atoms with Crippen LogP contribution < -0.4 is 26.6 Å². The number of carbonyl (C=O) groups excluding carboxylic acids is 5.